The molecular formula is C11H18N4O3. The van der Waals surface area contributed by atoms with Crippen molar-refractivity contribution in [3.63, 3.8) is 0 Å². The molecule has 0 aliphatic rings. The third-order valence-corrected chi connectivity index (χ3v) is 2.35. The number of hydrogen-bond donors (Lipinski definition) is 2. The van der Waals surface area contributed by atoms with Crippen molar-refractivity contribution in [3.8, 4) is 11.5 Å². The molecule has 0 atom stereocenters. The fourth-order valence-corrected chi connectivity index (χ4v) is 1.58. The first kappa shape index (κ1) is 14.0. The number of pyridine rings is 1. The zero-order valence-electron chi connectivity index (χ0n) is 10.8. The number of methoxy groups -OCH3 is 2. The van der Waals surface area contributed by atoms with E-state index in [4.69, 9.17) is 20.4 Å². The molecule has 0 aliphatic heterocycles. The van der Waals surface area contributed by atoms with Gasteiger partial charge < -0.3 is 20.4 Å². The van der Waals surface area contributed by atoms with Crippen molar-refractivity contribution >= 4 is 5.84 Å². The predicted molar refractivity (Wildman–Crippen MR) is 67.1 cm³/mol. The Hall–Kier alpha value is -2.02. The van der Waals surface area contributed by atoms with E-state index in [0.717, 1.165) is 5.69 Å². The van der Waals surface area contributed by atoms with Crippen molar-refractivity contribution in [1.29, 1.82) is 0 Å². The van der Waals surface area contributed by atoms with E-state index in [1.165, 1.54) is 0 Å². The van der Waals surface area contributed by atoms with E-state index in [2.05, 4.69) is 10.1 Å². The zero-order chi connectivity index (χ0) is 13.5. The summed E-state index contributed by atoms with van der Waals surface area (Å²) in [5.41, 5.74) is 6.16. The zero-order valence-corrected chi connectivity index (χ0v) is 10.8. The van der Waals surface area contributed by atoms with Crippen LogP contribution in [0.2, 0.25) is 0 Å². The van der Waals surface area contributed by atoms with Gasteiger partial charge >= 0.3 is 0 Å². The second-order valence-electron chi connectivity index (χ2n) is 3.76. The first-order chi connectivity index (χ1) is 8.62. The van der Waals surface area contributed by atoms with Crippen LogP contribution in [0.25, 0.3) is 0 Å². The van der Waals surface area contributed by atoms with Gasteiger partial charge in [-0.3, -0.25) is 9.88 Å². The van der Waals surface area contributed by atoms with Gasteiger partial charge in [0.25, 0.3) is 0 Å². The number of likely N-dealkylation sites (N-methyl/N-ethyl adjacent to an activating group) is 1. The number of hydrogen-bond acceptors (Lipinski definition) is 6. The van der Waals surface area contributed by atoms with Gasteiger partial charge in [0.15, 0.2) is 17.3 Å². The Morgan fingerprint density at radius 3 is 2.78 bits per heavy atom. The maximum Gasteiger partial charge on any atom is 0.183 e. The molecule has 0 bridgehead atoms. The maximum absolute atomic E-state index is 8.51. The number of nitrogens with zero attached hydrogens (tertiary/aromatic N) is 3. The summed E-state index contributed by atoms with van der Waals surface area (Å²) in [7, 11) is 4.97. The standard InChI is InChI=1S/C11H18N4O3/c1-15(7-10(12)14-16)6-8-11(18-3)9(17-2)4-5-13-8/h4-5,16H,6-7H2,1-3H3,(H2,12,14). The third kappa shape index (κ3) is 3.49. The van der Waals surface area contributed by atoms with Crippen molar-refractivity contribution in [2.24, 2.45) is 10.9 Å². The van der Waals surface area contributed by atoms with Crippen molar-refractivity contribution < 1.29 is 14.7 Å². The smallest absolute Gasteiger partial charge is 0.183 e. The van der Waals surface area contributed by atoms with Crippen LogP contribution in [0.1, 0.15) is 5.69 Å². The first-order valence-corrected chi connectivity index (χ1v) is 5.33. The van der Waals surface area contributed by atoms with Crippen molar-refractivity contribution in [3.05, 3.63) is 18.0 Å². The average Bonchev–Trinajstić information content (AvgIpc) is 2.37. The summed E-state index contributed by atoms with van der Waals surface area (Å²) in [6.45, 7) is 0.829. The molecule has 0 spiro atoms. The van der Waals surface area contributed by atoms with Gasteiger partial charge in [-0.15, -0.1) is 0 Å². The molecular weight excluding hydrogens is 236 g/mol. The Kier molecular flexibility index (Phi) is 5.19. The van der Waals surface area contributed by atoms with Crippen LogP contribution in [0.5, 0.6) is 11.5 Å². The van der Waals surface area contributed by atoms with E-state index in [9.17, 15) is 0 Å². The summed E-state index contributed by atoms with van der Waals surface area (Å²) in [5, 5.41) is 11.4. The summed E-state index contributed by atoms with van der Waals surface area (Å²) in [5.74, 6) is 1.35. The largest absolute Gasteiger partial charge is 0.493 e. The minimum Gasteiger partial charge on any atom is -0.493 e. The Bertz CT molecular complexity index is 423. The van der Waals surface area contributed by atoms with E-state index in [0.29, 0.717) is 24.6 Å². The summed E-state index contributed by atoms with van der Waals surface area (Å²) < 4.78 is 10.5. The molecule has 0 saturated carbocycles. The van der Waals surface area contributed by atoms with Crippen LogP contribution in [-0.2, 0) is 6.54 Å². The molecule has 0 aliphatic carbocycles. The Morgan fingerprint density at radius 2 is 2.22 bits per heavy atom. The monoisotopic (exact) mass is 254 g/mol. The van der Waals surface area contributed by atoms with Gasteiger partial charge in [0.2, 0.25) is 0 Å². The van der Waals surface area contributed by atoms with Gasteiger partial charge in [0.05, 0.1) is 20.8 Å². The molecule has 7 nitrogen and oxygen atoms in total. The molecule has 0 unspecified atom stereocenters. The van der Waals surface area contributed by atoms with E-state index < -0.39 is 0 Å². The van der Waals surface area contributed by atoms with E-state index in [1.807, 2.05) is 11.9 Å². The SMILES string of the molecule is COc1ccnc(CN(C)C/C(N)=N/O)c1OC. The van der Waals surface area contributed by atoms with Gasteiger partial charge in [-0.25, -0.2) is 0 Å². The van der Waals surface area contributed by atoms with E-state index >= 15 is 0 Å². The van der Waals surface area contributed by atoms with E-state index in [1.54, 1.807) is 26.5 Å². The highest BCUT2D eigenvalue weighted by Gasteiger charge is 2.13. The molecule has 0 radical (unpaired) electrons. The lowest BCUT2D eigenvalue weighted by Crippen LogP contribution is -2.31. The maximum atomic E-state index is 8.51. The molecule has 0 fully saturated rings. The Morgan fingerprint density at radius 1 is 1.50 bits per heavy atom. The van der Waals surface area contributed by atoms with Crippen LogP contribution in [0.3, 0.4) is 0 Å². The lowest BCUT2D eigenvalue weighted by Gasteiger charge is -2.17. The lowest BCUT2D eigenvalue weighted by molar-refractivity contribution is 0.304. The van der Waals surface area contributed by atoms with Gasteiger partial charge in [-0.1, -0.05) is 5.16 Å². The quantitative estimate of drug-likeness (QED) is 0.328. The third-order valence-electron chi connectivity index (χ3n) is 2.35. The van der Waals surface area contributed by atoms with Crippen molar-refractivity contribution in [1.82, 2.24) is 9.88 Å². The van der Waals surface area contributed by atoms with Crippen LogP contribution in [0, 0.1) is 0 Å². The molecule has 1 heterocycles. The van der Waals surface area contributed by atoms with Gasteiger partial charge in [0.1, 0.15) is 5.69 Å². The fourth-order valence-electron chi connectivity index (χ4n) is 1.58. The van der Waals surface area contributed by atoms with Crippen LogP contribution in [-0.4, -0.2) is 48.7 Å². The number of rotatable bonds is 6. The number of ether oxygens (including phenoxy) is 2. The summed E-state index contributed by atoms with van der Waals surface area (Å²) in [6.07, 6.45) is 1.65. The molecule has 1 aromatic rings. The van der Waals surface area contributed by atoms with E-state index in [-0.39, 0.29) is 5.84 Å². The highest BCUT2D eigenvalue weighted by molar-refractivity contribution is 5.81. The minimum atomic E-state index is 0.138. The highest BCUT2D eigenvalue weighted by Crippen LogP contribution is 2.29. The lowest BCUT2D eigenvalue weighted by atomic mass is 10.3. The number of amidine groups is 1. The Balaban J connectivity index is 2.83. The molecule has 1 aromatic heterocycles. The molecule has 0 saturated heterocycles. The average molecular weight is 254 g/mol. The van der Waals surface area contributed by atoms with Crippen LogP contribution < -0.4 is 15.2 Å². The van der Waals surface area contributed by atoms with Crippen molar-refractivity contribution in [2.45, 2.75) is 6.54 Å². The van der Waals surface area contributed by atoms with Gasteiger partial charge in [0, 0.05) is 18.8 Å². The molecule has 18 heavy (non-hydrogen) atoms. The molecule has 1 rings (SSSR count). The van der Waals surface area contributed by atoms with Crippen molar-refractivity contribution in [2.75, 3.05) is 27.8 Å². The second kappa shape index (κ2) is 6.65. The molecule has 7 heteroatoms. The summed E-state index contributed by atoms with van der Waals surface area (Å²) in [4.78, 5) is 6.09. The summed E-state index contributed by atoms with van der Waals surface area (Å²) in [6, 6.07) is 1.73. The minimum absolute atomic E-state index is 0.138. The van der Waals surface area contributed by atoms with Gasteiger partial charge in [-0.05, 0) is 7.05 Å². The number of oxime groups is 1. The molecule has 3 N–H and O–H groups in total. The molecule has 0 amide bonds. The summed E-state index contributed by atoms with van der Waals surface area (Å²) >= 11 is 0. The predicted octanol–water partition coefficient (Wildman–Crippen LogP) is 0.277. The second-order valence-corrected chi connectivity index (χ2v) is 3.76. The first-order valence-electron chi connectivity index (χ1n) is 5.33. The van der Waals surface area contributed by atoms with Gasteiger partial charge in [-0.2, -0.15) is 0 Å². The van der Waals surface area contributed by atoms with Crippen LogP contribution >= 0.6 is 0 Å². The normalized spacial score (nSPS) is 11.7. The fraction of sp³-hybridized carbons (Fsp3) is 0.455. The highest BCUT2D eigenvalue weighted by atomic mass is 16.5. The topological polar surface area (TPSA) is 93.2 Å². The molecule has 0 aromatic carbocycles. The van der Waals surface area contributed by atoms with Crippen LogP contribution in [0.4, 0.5) is 0 Å². The number of nitrogens with two attached hydrogens (primary N) is 1. The van der Waals surface area contributed by atoms with Crippen LogP contribution in [0.15, 0.2) is 17.4 Å². The number of aromatic nitrogens is 1. The Labute approximate surface area is 106 Å². The molecule has 100 valence electrons.